The highest BCUT2D eigenvalue weighted by Crippen LogP contribution is 2.22. The first-order valence-corrected chi connectivity index (χ1v) is 8.35. The number of carbonyl (C=O) groups is 1. The maximum atomic E-state index is 12.7. The number of fused-ring (bicyclic) bond motifs is 1. The van der Waals surface area contributed by atoms with E-state index in [0.717, 1.165) is 30.0 Å². The van der Waals surface area contributed by atoms with Crippen LogP contribution in [0, 0.1) is 0 Å². The minimum Gasteiger partial charge on any atom is -0.497 e. The lowest BCUT2D eigenvalue weighted by atomic mass is 10.2. The first-order chi connectivity index (χ1) is 12.2. The third kappa shape index (κ3) is 3.03. The molecule has 128 valence electrons. The van der Waals surface area contributed by atoms with Crippen molar-refractivity contribution >= 4 is 17.1 Å². The lowest BCUT2D eigenvalue weighted by molar-refractivity contribution is 0.0741. The van der Waals surface area contributed by atoms with Crippen molar-refractivity contribution in [1.82, 2.24) is 14.3 Å². The van der Waals surface area contributed by atoms with Gasteiger partial charge in [-0.1, -0.05) is 6.07 Å². The molecule has 6 nitrogen and oxygen atoms in total. The molecule has 0 atom stereocenters. The molecule has 1 aliphatic rings. The van der Waals surface area contributed by atoms with Crippen molar-refractivity contribution in [3.63, 3.8) is 0 Å². The van der Waals surface area contributed by atoms with Gasteiger partial charge >= 0.3 is 0 Å². The van der Waals surface area contributed by atoms with Crippen LogP contribution in [0.1, 0.15) is 10.5 Å². The number of amides is 1. The number of hydrogen-bond donors (Lipinski definition) is 0. The van der Waals surface area contributed by atoms with E-state index in [9.17, 15) is 4.79 Å². The maximum absolute atomic E-state index is 12.7. The largest absolute Gasteiger partial charge is 0.497 e. The van der Waals surface area contributed by atoms with Crippen LogP contribution in [0.5, 0.6) is 5.75 Å². The van der Waals surface area contributed by atoms with E-state index in [-0.39, 0.29) is 5.91 Å². The van der Waals surface area contributed by atoms with Crippen LogP contribution in [0.3, 0.4) is 0 Å². The highest BCUT2D eigenvalue weighted by atomic mass is 16.5. The van der Waals surface area contributed by atoms with Crippen LogP contribution < -0.4 is 9.64 Å². The normalized spacial score (nSPS) is 14.8. The quantitative estimate of drug-likeness (QED) is 0.736. The molecule has 6 heteroatoms. The summed E-state index contributed by atoms with van der Waals surface area (Å²) in [5.41, 5.74) is 2.61. The Morgan fingerprint density at radius 2 is 1.92 bits per heavy atom. The lowest BCUT2D eigenvalue weighted by Crippen LogP contribution is -2.49. The van der Waals surface area contributed by atoms with Gasteiger partial charge in [0.1, 0.15) is 11.4 Å². The van der Waals surface area contributed by atoms with E-state index in [2.05, 4.69) is 16.0 Å². The van der Waals surface area contributed by atoms with Gasteiger partial charge in [-0.15, -0.1) is 0 Å². The molecule has 0 saturated carbocycles. The summed E-state index contributed by atoms with van der Waals surface area (Å²) in [5.74, 6) is 0.842. The topological polar surface area (TPSA) is 50.1 Å². The molecule has 4 rings (SSSR count). The van der Waals surface area contributed by atoms with Crippen LogP contribution in [-0.2, 0) is 0 Å². The summed E-state index contributed by atoms with van der Waals surface area (Å²) in [7, 11) is 1.67. The van der Waals surface area contributed by atoms with Gasteiger partial charge in [0, 0.05) is 49.6 Å². The van der Waals surface area contributed by atoms with Crippen LogP contribution in [0.25, 0.3) is 5.52 Å². The fourth-order valence-corrected chi connectivity index (χ4v) is 3.19. The number of ether oxygens (including phenoxy) is 1. The third-order valence-electron chi connectivity index (χ3n) is 4.62. The Kier molecular flexibility index (Phi) is 4.01. The Bertz CT molecular complexity index is 897. The van der Waals surface area contributed by atoms with Gasteiger partial charge in [-0.3, -0.25) is 4.79 Å². The van der Waals surface area contributed by atoms with Crippen LogP contribution in [-0.4, -0.2) is 53.5 Å². The van der Waals surface area contributed by atoms with Crippen LogP contribution >= 0.6 is 0 Å². The van der Waals surface area contributed by atoms with Crippen molar-refractivity contribution < 1.29 is 9.53 Å². The number of nitrogens with zero attached hydrogens (tertiary/aromatic N) is 4. The molecule has 0 radical (unpaired) electrons. The molecule has 2 aromatic heterocycles. The molecule has 1 aromatic carbocycles. The zero-order chi connectivity index (χ0) is 17.2. The number of aromatic nitrogens is 2. The van der Waals surface area contributed by atoms with Crippen molar-refractivity contribution in [2.24, 2.45) is 0 Å². The molecule has 1 amide bonds. The van der Waals surface area contributed by atoms with Crippen LogP contribution in [0.2, 0.25) is 0 Å². The van der Waals surface area contributed by atoms with Crippen molar-refractivity contribution in [2.75, 3.05) is 38.2 Å². The van der Waals surface area contributed by atoms with Crippen molar-refractivity contribution in [3.8, 4) is 5.75 Å². The van der Waals surface area contributed by atoms with E-state index in [1.807, 2.05) is 51.9 Å². The summed E-state index contributed by atoms with van der Waals surface area (Å²) < 4.78 is 7.19. The first-order valence-electron chi connectivity index (χ1n) is 8.35. The van der Waals surface area contributed by atoms with Gasteiger partial charge in [0.25, 0.3) is 5.91 Å². The van der Waals surface area contributed by atoms with Gasteiger partial charge in [0.05, 0.1) is 13.4 Å². The SMILES string of the molecule is COc1cccc(N2CCN(C(=O)c3cc4cccn4cn3)CC2)c1. The fraction of sp³-hybridized carbons (Fsp3) is 0.263. The summed E-state index contributed by atoms with van der Waals surface area (Å²) in [4.78, 5) is 21.2. The second kappa shape index (κ2) is 6.47. The predicted octanol–water partition coefficient (Wildman–Crippen LogP) is 2.31. The van der Waals surface area contributed by atoms with Crippen molar-refractivity contribution in [1.29, 1.82) is 0 Å². The number of benzene rings is 1. The maximum Gasteiger partial charge on any atom is 0.272 e. The fourth-order valence-electron chi connectivity index (χ4n) is 3.19. The summed E-state index contributed by atoms with van der Waals surface area (Å²) in [5, 5.41) is 0. The third-order valence-corrected chi connectivity index (χ3v) is 4.62. The highest BCUT2D eigenvalue weighted by Gasteiger charge is 2.23. The molecule has 3 aromatic rings. The minimum absolute atomic E-state index is 0.00556. The zero-order valence-corrected chi connectivity index (χ0v) is 14.1. The van der Waals surface area contributed by atoms with E-state index in [1.54, 1.807) is 13.4 Å². The van der Waals surface area contributed by atoms with E-state index < -0.39 is 0 Å². The Morgan fingerprint density at radius 3 is 2.72 bits per heavy atom. The van der Waals surface area contributed by atoms with Gasteiger partial charge < -0.3 is 18.9 Å². The summed E-state index contributed by atoms with van der Waals surface area (Å²) in [6, 6.07) is 13.8. The van der Waals surface area contributed by atoms with Gasteiger partial charge in [0.15, 0.2) is 0 Å². The molecule has 1 aliphatic heterocycles. The Hall–Kier alpha value is -3.02. The van der Waals surface area contributed by atoms with Crippen LogP contribution in [0.4, 0.5) is 5.69 Å². The van der Waals surface area contributed by atoms with Crippen LogP contribution in [0.15, 0.2) is 55.0 Å². The lowest BCUT2D eigenvalue weighted by Gasteiger charge is -2.36. The number of piperazine rings is 1. The van der Waals surface area contributed by atoms with Gasteiger partial charge in [0.2, 0.25) is 0 Å². The summed E-state index contributed by atoms with van der Waals surface area (Å²) in [6.45, 7) is 2.96. The van der Waals surface area contributed by atoms with Gasteiger partial charge in [-0.2, -0.15) is 0 Å². The summed E-state index contributed by atoms with van der Waals surface area (Å²) >= 11 is 0. The first kappa shape index (κ1) is 15.5. The molecule has 0 N–H and O–H groups in total. The molecular formula is C19H20N4O2. The van der Waals surface area contributed by atoms with E-state index in [0.29, 0.717) is 18.8 Å². The molecule has 25 heavy (non-hydrogen) atoms. The zero-order valence-electron chi connectivity index (χ0n) is 14.1. The molecule has 0 aliphatic carbocycles. The number of anilines is 1. The molecule has 1 fully saturated rings. The standard InChI is InChI=1S/C19H20N4O2/c1-25-17-6-2-4-15(12-17)21-8-10-22(11-9-21)19(24)18-13-16-5-3-7-23(16)14-20-18/h2-7,12-14H,8-11H2,1H3. The number of methoxy groups -OCH3 is 1. The molecule has 0 unspecified atom stereocenters. The van der Waals surface area contributed by atoms with Crippen molar-refractivity contribution in [2.45, 2.75) is 0 Å². The minimum atomic E-state index is -0.00556. The smallest absolute Gasteiger partial charge is 0.272 e. The molecule has 0 bridgehead atoms. The average molecular weight is 336 g/mol. The molecule has 3 heterocycles. The number of rotatable bonds is 3. The molecular weight excluding hydrogens is 316 g/mol. The number of hydrogen-bond acceptors (Lipinski definition) is 4. The van der Waals surface area contributed by atoms with Gasteiger partial charge in [-0.25, -0.2) is 4.98 Å². The monoisotopic (exact) mass is 336 g/mol. The van der Waals surface area contributed by atoms with Gasteiger partial charge in [-0.05, 0) is 30.3 Å². The van der Waals surface area contributed by atoms with E-state index in [1.165, 1.54) is 0 Å². The molecule has 1 saturated heterocycles. The van der Waals surface area contributed by atoms with Crippen molar-refractivity contribution in [3.05, 3.63) is 60.7 Å². The molecule has 0 spiro atoms. The Labute approximate surface area is 146 Å². The highest BCUT2D eigenvalue weighted by molar-refractivity contribution is 5.93. The number of carbonyl (C=O) groups excluding carboxylic acids is 1. The van der Waals surface area contributed by atoms with E-state index >= 15 is 0 Å². The van der Waals surface area contributed by atoms with E-state index in [4.69, 9.17) is 4.74 Å². The Balaban J connectivity index is 1.44. The Morgan fingerprint density at radius 1 is 1.08 bits per heavy atom. The predicted molar refractivity (Wildman–Crippen MR) is 96.3 cm³/mol. The second-order valence-corrected chi connectivity index (χ2v) is 6.10. The summed E-state index contributed by atoms with van der Waals surface area (Å²) in [6.07, 6.45) is 3.61. The second-order valence-electron chi connectivity index (χ2n) is 6.10. The average Bonchev–Trinajstić information content (AvgIpc) is 3.15.